The van der Waals surface area contributed by atoms with Gasteiger partial charge in [-0.15, -0.1) is 0 Å². The van der Waals surface area contributed by atoms with E-state index in [1.54, 1.807) is 13.0 Å². The molecule has 2 aliphatic rings. The lowest BCUT2D eigenvalue weighted by Gasteiger charge is -2.27. The highest BCUT2D eigenvalue weighted by Gasteiger charge is 2.47. The molecule has 2 saturated heterocycles. The van der Waals surface area contributed by atoms with Gasteiger partial charge in [0.15, 0.2) is 0 Å². The summed E-state index contributed by atoms with van der Waals surface area (Å²) >= 11 is 13.0. The Balaban J connectivity index is 1.09. The molecule has 2 heterocycles. The van der Waals surface area contributed by atoms with Crippen LogP contribution in [0.5, 0.6) is 0 Å². The van der Waals surface area contributed by atoms with Gasteiger partial charge in [0.2, 0.25) is 5.91 Å². The summed E-state index contributed by atoms with van der Waals surface area (Å²) in [5.74, 6) is -3.03. The number of carbonyl (C=O) groups excluding carboxylic acids is 2. The molecule has 0 aromatic heterocycles. The third-order valence-corrected chi connectivity index (χ3v) is 14.1. The zero-order chi connectivity index (χ0) is 46.0. The molecule has 1 atom stereocenters. The van der Waals surface area contributed by atoms with Gasteiger partial charge in [-0.2, -0.15) is 0 Å². The van der Waals surface area contributed by atoms with E-state index in [1.807, 2.05) is 48.5 Å². The third kappa shape index (κ3) is 9.91. The largest absolute Gasteiger partial charge is 0.480 e. The zero-order valence-electron chi connectivity index (χ0n) is 35.5. The summed E-state index contributed by atoms with van der Waals surface area (Å²) in [6.07, 6.45) is 2.05. The van der Waals surface area contributed by atoms with Crippen molar-refractivity contribution < 1.29 is 29.4 Å². The highest BCUT2D eigenvalue weighted by molar-refractivity contribution is 8.26. The molecule has 2 fully saturated rings. The number of thioether (sulfide) groups is 2. The Bertz CT molecular complexity index is 2810. The first-order valence-electron chi connectivity index (χ1n) is 20.5. The van der Waals surface area contributed by atoms with Gasteiger partial charge in [-0.05, 0) is 128 Å². The predicted molar refractivity (Wildman–Crippen MR) is 270 cm³/mol. The van der Waals surface area contributed by atoms with Crippen LogP contribution in [0.2, 0.25) is 0 Å². The molecule has 10 nitrogen and oxygen atoms in total. The molecule has 8 rings (SSSR count). The molecule has 0 saturated carbocycles. The van der Waals surface area contributed by atoms with Crippen LogP contribution in [0.15, 0.2) is 150 Å². The second-order valence-electron chi connectivity index (χ2n) is 15.9. The number of carbonyl (C=O) groups is 4. The van der Waals surface area contributed by atoms with E-state index in [1.165, 1.54) is 22.9 Å². The van der Waals surface area contributed by atoms with Crippen LogP contribution in [0.1, 0.15) is 29.2 Å². The molecular weight excluding hydrogens is 893 g/mol. The third-order valence-electron chi connectivity index (χ3n) is 11.0. The van der Waals surface area contributed by atoms with Crippen molar-refractivity contribution in [2.24, 2.45) is 0 Å². The minimum Gasteiger partial charge on any atom is -0.480 e. The minimum atomic E-state index is -1.14. The molecule has 14 heteroatoms. The second kappa shape index (κ2) is 18.9. The monoisotopic (exact) mass is 934 g/mol. The Hall–Kier alpha value is -6.58. The average Bonchev–Trinajstić information content (AvgIpc) is 3.66. The van der Waals surface area contributed by atoms with Gasteiger partial charge in [0.1, 0.15) is 26.5 Å². The van der Waals surface area contributed by atoms with E-state index in [4.69, 9.17) is 24.4 Å². The van der Waals surface area contributed by atoms with Crippen LogP contribution in [0.3, 0.4) is 0 Å². The fourth-order valence-corrected chi connectivity index (χ4v) is 10.8. The van der Waals surface area contributed by atoms with Crippen LogP contribution in [0.25, 0.3) is 17.2 Å². The number of nitrogens with zero attached hydrogens (tertiary/aromatic N) is 4. The fraction of sp³-hybridized carbons (Fsp3) is 0.137. The van der Waals surface area contributed by atoms with E-state index < -0.39 is 35.7 Å². The first kappa shape index (κ1) is 45.0. The summed E-state index contributed by atoms with van der Waals surface area (Å²) in [7, 11) is 0. The van der Waals surface area contributed by atoms with E-state index in [-0.39, 0.29) is 14.5 Å². The maximum absolute atomic E-state index is 13.4. The fourth-order valence-electron chi connectivity index (χ4n) is 7.73. The second-order valence-corrected chi connectivity index (χ2v) is 19.7. The Morgan fingerprint density at radius 1 is 0.585 bits per heavy atom. The molecular formula is C51H42N4O6S4. The van der Waals surface area contributed by atoms with Crippen molar-refractivity contribution in [1.29, 1.82) is 0 Å². The van der Waals surface area contributed by atoms with Gasteiger partial charge in [-0.3, -0.25) is 29.0 Å². The minimum absolute atomic E-state index is 0.200. The van der Waals surface area contributed by atoms with Gasteiger partial charge < -0.3 is 20.0 Å². The summed E-state index contributed by atoms with van der Waals surface area (Å²) in [6, 6.07) is 49.5. The van der Waals surface area contributed by atoms with E-state index in [0.29, 0.717) is 11.3 Å². The molecule has 6 aromatic carbocycles. The number of rotatable bonds is 14. The van der Waals surface area contributed by atoms with Gasteiger partial charge >= 0.3 is 11.9 Å². The van der Waals surface area contributed by atoms with Crippen molar-refractivity contribution >= 4 is 121 Å². The van der Waals surface area contributed by atoms with Crippen LogP contribution in [-0.2, 0) is 25.6 Å². The molecule has 2 amide bonds. The summed E-state index contributed by atoms with van der Waals surface area (Å²) in [4.78, 5) is 56.0. The van der Waals surface area contributed by atoms with E-state index in [0.717, 1.165) is 77.9 Å². The number of thiocarbonyl (C=S) groups is 2. The highest BCUT2D eigenvalue weighted by atomic mass is 32.2. The molecule has 2 aliphatic heterocycles. The summed E-state index contributed by atoms with van der Waals surface area (Å²) in [5, 5.41) is 18.6. The molecule has 1 unspecified atom stereocenters. The molecule has 0 radical (unpaired) electrons. The lowest BCUT2D eigenvalue weighted by Crippen LogP contribution is -2.41. The lowest BCUT2D eigenvalue weighted by atomic mass is 9.98. The molecule has 326 valence electrons. The molecule has 2 N–H and O–H groups in total. The zero-order valence-corrected chi connectivity index (χ0v) is 38.8. The maximum Gasteiger partial charge on any atom is 0.323 e. The lowest BCUT2D eigenvalue weighted by molar-refractivity contribution is -0.141. The number of hydrogen-bond donors (Lipinski definition) is 2. The van der Waals surface area contributed by atoms with Crippen molar-refractivity contribution in [2.75, 3.05) is 22.9 Å². The smallest absolute Gasteiger partial charge is 0.323 e. The number of amides is 2. The quantitative estimate of drug-likeness (QED) is 0.0799. The number of hydrogen-bond acceptors (Lipinski definition) is 10. The van der Waals surface area contributed by atoms with E-state index in [9.17, 15) is 29.4 Å². The van der Waals surface area contributed by atoms with Crippen molar-refractivity contribution in [1.82, 2.24) is 9.80 Å². The summed E-state index contributed by atoms with van der Waals surface area (Å²) in [5.41, 5.74) is 11.8. The molecule has 65 heavy (non-hydrogen) atoms. The number of carboxylic acids is 2. The maximum atomic E-state index is 13.4. The van der Waals surface area contributed by atoms with E-state index >= 15 is 0 Å². The molecule has 0 spiro atoms. The van der Waals surface area contributed by atoms with Gasteiger partial charge in [0, 0.05) is 34.1 Å². The standard InChI is InChI=1S/C51H42N4O6S4/c1-32-4-16-38(17-5-32)54(39-18-6-33(2)7-19-39)42-24-12-36(13-25-42)37-14-26-43(27-15-37)55(40-20-8-34(9-21-40)28-44-47(60)52(30-45(56)57)49(62)64-44)41-22-10-35(11-23-41)29-51(3)48(61)53(31-46(58)59)50(63)65-51/h4-28H,29-31H2,1-3H3,(H,56,57)(H,58,59)/b44-28+. The predicted octanol–water partition coefficient (Wildman–Crippen LogP) is 11.4. The normalized spacial score (nSPS) is 16.7. The molecule has 0 aliphatic carbocycles. The van der Waals surface area contributed by atoms with Crippen LogP contribution in [0.4, 0.5) is 34.1 Å². The SMILES string of the molecule is Cc1ccc(N(c2ccc(C)cc2)c2ccc(-c3ccc(N(c4ccc(/C=C5/SC(=S)N(CC(=O)O)C5=O)cc4)c4ccc(CC5(C)SC(=S)N(CC(=O)O)C5=O)cc4)cc3)cc2)cc1. The van der Waals surface area contributed by atoms with Crippen LogP contribution >= 0.6 is 48.0 Å². The number of carboxylic acid groups (broad SMARTS) is 2. The van der Waals surface area contributed by atoms with Gasteiger partial charge in [0.25, 0.3) is 5.91 Å². The van der Waals surface area contributed by atoms with Gasteiger partial charge in [-0.25, -0.2) is 0 Å². The van der Waals surface area contributed by atoms with Crippen molar-refractivity contribution in [3.63, 3.8) is 0 Å². The highest BCUT2D eigenvalue weighted by Crippen LogP contribution is 2.42. The van der Waals surface area contributed by atoms with Gasteiger partial charge in [-0.1, -0.05) is 132 Å². The summed E-state index contributed by atoms with van der Waals surface area (Å²) < 4.78 is -0.492. The topological polar surface area (TPSA) is 122 Å². The van der Waals surface area contributed by atoms with Crippen molar-refractivity contribution in [2.45, 2.75) is 31.9 Å². The first-order chi connectivity index (χ1) is 31.1. The van der Waals surface area contributed by atoms with Crippen molar-refractivity contribution in [3.8, 4) is 11.1 Å². The Kier molecular flexibility index (Phi) is 13.1. The molecule has 0 bridgehead atoms. The number of aryl methyl sites for hydroxylation is 2. The van der Waals surface area contributed by atoms with Crippen molar-refractivity contribution in [3.05, 3.63) is 173 Å². The first-order valence-corrected chi connectivity index (χ1v) is 23.0. The Labute approximate surface area is 396 Å². The number of aliphatic carboxylic acids is 2. The van der Waals surface area contributed by atoms with Crippen LogP contribution in [-0.4, -0.2) is 70.2 Å². The van der Waals surface area contributed by atoms with Gasteiger partial charge in [0.05, 0.1) is 4.91 Å². The summed E-state index contributed by atoms with van der Waals surface area (Å²) in [6.45, 7) is 4.99. The number of benzene rings is 6. The van der Waals surface area contributed by atoms with E-state index in [2.05, 4.69) is 121 Å². The average molecular weight is 935 g/mol. The van der Waals surface area contributed by atoms with Crippen LogP contribution in [0, 0.1) is 13.8 Å². The Morgan fingerprint density at radius 2 is 0.969 bits per heavy atom. The van der Waals surface area contributed by atoms with Crippen LogP contribution < -0.4 is 9.80 Å². The molecule has 6 aromatic rings. The number of anilines is 6. The Morgan fingerprint density at radius 3 is 1.40 bits per heavy atom.